The molecule has 2 aliphatic heterocycles. The molecule has 2 rings (SSSR count). The Hall–Kier alpha value is -0.170. The zero-order chi connectivity index (χ0) is 13.9. The van der Waals surface area contributed by atoms with Gasteiger partial charge in [-0.05, 0) is 53.0 Å². The van der Waals surface area contributed by atoms with E-state index in [1.165, 1.54) is 12.8 Å². The van der Waals surface area contributed by atoms with Gasteiger partial charge in [0.2, 0.25) is 0 Å². The summed E-state index contributed by atoms with van der Waals surface area (Å²) in [7, 11) is 1.51. The van der Waals surface area contributed by atoms with Gasteiger partial charge in [0.1, 0.15) is 0 Å². The van der Waals surface area contributed by atoms with Crippen molar-refractivity contribution in [2.75, 3.05) is 51.8 Å². The van der Waals surface area contributed by atoms with Crippen LogP contribution in [0.4, 0.5) is 0 Å². The summed E-state index contributed by atoms with van der Waals surface area (Å²) < 4.78 is 23.1. The maximum absolute atomic E-state index is 11.6. The molecular weight excluding hydrogens is 262 g/mol. The molecule has 1 atom stereocenters. The highest BCUT2D eigenvalue weighted by Gasteiger charge is 2.25. The normalized spacial score (nSPS) is 29.7. The van der Waals surface area contributed by atoms with Crippen molar-refractivity contribution in [3.05, 3.63) is 0 Å². The Morgan fingerprint density at radius 3 is 2.53 bits per heavy atom. The van der Waals surface area contributed by atoms with Crippen molar-refractivity contribution in [2.45, 2.75) is 31.3 Å². The number of rotatable bonds is 4. The summed E-state index contributed by atoms with van der Waals surface area (Å²) >= 11 is 0. The summed E-state index contributed by atoms with van der Waals surface area (Å²) in [5.74, 6) is 0.624. The van der Waals surface area contributed by atoms with Gasteiger partial charge in [0, 0.05) is 18.6 Å². The van der Waals surface area contributed by atoms with Gasteiger partial charge in [0.05, 0.1) is 11.5 Å². The Balaban J connectivity index is 1.69. The highest BCUT2D eigenvalue weighted by molar-refractivity contribution is 7.91. The molecule has 19 heavy (non-hydrogen) atoms. The van der Waals surface area contributed by atoms with Crippen LogP contribution in [-0.4, -0.2) is 82.1 Å². The third kappa shape index (κ3) is 4.70. The van der Waals surface area contributed by atoms with E-state index in [-0.39, 0.29) is 6.04 Å². The molecule has 0 amide bonds. The van der Waals surface area contributed by atoms with Gasteiger partial charge in [-0.3, -0.25) is 0 Å². The van der Waals surface area contributed by atoms with E-state index < -0.39 is 9.84 Å². The van der Waals surface area contributed by atoms with Crippen LogP contribution < -0.4 is 5.32 Å². The Kier molecular flexibility index (Phi) is 5.22. The molecule has 0 aromatic carbocycles. The average molecular weight is 289 g/mol. The lowest BCUT2D eigenvalue weighted by Crippen LogP contribution is -2.48. The third-order valence-corrected chi connectivity index (χ3v) is 6.12. The second kappa shape index (κ2) is 6.52. The molecule has 112 valence electrons. The molecule has 0 bridgehead atoms. The van der Waals surface area contributed by atoms with Crippen LogP contribution in [0.2, 0.25) is 0 Å². The zero-order valence-electron chi connectivity index (χ0n) is 12.1. The largest absolute Gasteiger partial charge is 0.312 e. The lowest BCUT2D eigenvalue weighted by molar-refractivity contribution is 0.141. The van der Waals surface area contributed by atoms with Crippen LogP contribution in [0.25, 0.3) is 0 Å². The molecule has 0 radical (unpaired) electrons. The number of piperidine rings is 1. The van der Waals surface area contributed by atoms with Crippen LogP contribution in [-0.2, 0) is 9.84 Å². The van der Waals surface area contributed by atoms with Crippen molar-refractivity contribution in [1.82, 2.24) is 15.1 Å². The van der Waals surface area contributed by atoms with E-state index in [2.05, 4.69) is 29.2 Å². The number of hydrogen-bond acceptors (Lipinski definition) is 5. The molecule has 2 saturated heterocycles. The van der Waals surface area contributed by atoms with Crippen LogP contribution >= 0.6 is 0 Å². The summed E-state index contributed by atoms with van der Waals surface area (Å²) in [6.45, 7) is 3.92. The summed E-state index contributed by atoms with van der Waals surface area (Å²) in [6, 6.07) is 0.870. The van der Waals surface area contributed by atoms with Crippen molar-refractivity contribution in [3.63, 3.8) is 0 Å². The van der Waals surface area contributed by atoms with E-state index in [0.29, 0.717) is 24.1 Å². The zero-order valence-corrected chi connectivity index (χ0v) is 13.0. The van der Waals surface area contributed by atoms with Crippen molar-refractivity contribution in [3.8, 4) is 0 Å². The predicted molar refractivity (Wildman–Crippen MR) is 78.2 cm³/mol. The monoisotopic (exact) mass is 289 g/mol. The van der Waals surface area contributed by atoms with E-state index in [4.69, 9.17) is 0 Å². The lowest BCUT2D eigenvalue weighted by atomic mass is 10.0. The Morgan fingerprint density at radius 1 is 1.26 bits per heavy atom. The van der Waals surface area contributed by atoms with Gasteiger partial charge in [0.25, 0.3) is 0 Å². The number of nitrogens with zero attached hydrogens (tertiary/aromatic N) is 2. The van der Waals surface area contributed by atoms with E-state index in [1.54, 1.807) is 0 Å². The van der Waals surface area contributed by atoms with Gasteiger partial charge in [-0.1, -0.05) is 0 Å². The fourth-order valence-corrected chi connectivity index (χ4v) is 4.54. The van der Waals surface area contributed by atoms with Crippen LogP contribution in [0.3, 0.4) is 0 Å². The van der Waals surface area contributed by atoms with E-state index in [0.717, 1.165) is 26.1 Å². The quantitative estimate of drug-likeness (QED) is 0.776. The molecule has 2 aliphatic rings. The third-order valence-electron chi connectivity index (χ3n) is 4.38. The first-order chi connectivity index (χ1) is 8.96. The van der Waals surface area contributed by atoms with Crippen LogP contribution in [0.5, 0.6) is 0 Å². The van der Waals surface area contributed by atoms with Gasteiger partial charge >= 0.3 is 0 Å². The highest BCUT2D eigenvalue weighted by atomic mass is 32.2. The fourth-order valence-electron chi connectivity index (χ4n) is 3.05. The van der Waals surface area contributed by atoms with Gasteiger partial charge in [0.15, 0.2) is 9.84 Å². The molecule has 6 heteroatoms. The molecule has 1 N–H and O–H groups in total. The van der Waals surface area contributed by atoms with Gasteiger partial charge in [-0.25, -0.2) is 8.42 Å². The second-order valence-corrected chi connectivity index (χ2v) is 8.32. The van der Waals surface area contributed by atoms with Gasteiger partial charge < -0.3 is 15.1 Å². The van der Waals surface area contributed by atoms with Gasteiger partial charge in [-0.15, -0.1) is 0 Å². The number of likely N-dealkylation sites (tertiary alicyclic amines) is 1. The standard InChI is InChI=1S/C13H27N3O2S/c1-15(2)13-4-8-16(9-5-13)7-3-12-11-19(17,18)10-6-14-12/h12-14H,3-11H2,1-2H3. The van der Waals surface area contributed by atoms with Crippen molar-refractivity contribution in [1.29, 1.82) is 0 Å². The maximum atomic E-state index is 11.6. The summed E-state index contributed by atoms with van der Waals surface area (Å²) in [5.41, 5.74) is 0. The summed E-state index contributed by atoms with van der Waals surface area (Å²) in [6.07, 6.45) is 3.40. The maximum Gasteiger partial charge on any atom is 0.153 e. The number of hydrogen-bond donors (Lipinski definition) is 1. The molecule has 0 spiro atoms. The van der Waals surface area contributed by atoms with Gasteiger partial charge in [-0.2, -0.15) is 0 Å². The molecule has 1 unspecified atom stereocenters. The average Bonchev–Trinajstić information content (AvgIpc) is 2.36. The fraction of sp³-hybridized carbons (Fsp3) is 1.00. The SMILES string of the molecule is CN(C)C1CCN(CCC2CS(=O)(=O)CCN2)CC1. The molecule has 0 aromatic rings. The molecule has 5 nitrogen and oxygen atoms in total. The van der Waals surface area contributed by atoms with Crippen LogP contribution in [0.15, 0.2) is 0 Å². The van der Waals surface area contributed by atoms with Crippen molar-refractivity contribution >= 4 is 9.84 Å². The molecule has 0 saturated carbocycles. The summed E-state index contributed by atoms with van der Waals surface area (Å²) in [4.78, 5) is 4.79. The first-order valence-electron chi connectivity index (χ1n) is 7.29. The van der Waals surface area contributed by atoms with E-state index >= 15 is 0 Å². The van der Waals surface area contributed by atoms with E-state index in [9.17, 15) is 8.42 Å². The Labute approximate surface area is 117 Å². The first kappa shape index (κ1) is 15.2. The number of nitrogens with one attached hydrogen (secondary N) is 1. The Morgan fingerprint density at radius 2 is 1.95 bits per heavy atom. The van der Waals surface area contributed by atoms with Crippen molar-refractivity contribution < 1.29 is 8.42 Å². The van der Waals surface area contributed by atoms with E-state index in [1.807, 2.05) is 0 Å². The first-order valence-corrected chi connectivity index (χ1v) is 9.11. The van der Waals surface area contributed by atoms with Crippen LogP contribution in [0, 0.1) is 0 Å². The molecule has 0 aromatic heterocycles. The highest BCUT2D eigenvalue weighted by Crippen LogP contribution is 2.15. The molecular formula is C13H27N3O2S. The minimum absolute atomic E-state index is 0.158. The van der Waals surface area contributed by atoms with Crippen LogP contribution in [0.1, 0.15) is 19.3 Å². The molecule has 2 heterocycles. The predicted octanol–water partition coefficient (Wildman–Crippen LogP) is -0.211. The minimum atomic E-state index is -2.79. The topological polar surface area (TPSA) is 52.7 Å². The van der Waals surface area contributed by atoms with Crippen molar-refractivity contribution in [2.24, 2.45) is 0 Å². The number of sulfone groups is 1. The molecule has 0 aliphatic carbocycles. The smallest absolute Gasteiger partial charge is 0.153 e. The summed E-state index contributed by atoms with van der Waals surface area (Å²) in [5, 5.41) is 3.33. The second-order valence-electron chi connectivity index (χ2n) is 6.09. The Bertz CT molecular complexity index is 375. The minimum Gasteiger partial charge on any atom is -0.312 e. The molecule has 2 fully saturated rings. The lowest BCUT2D eigenvalue weighted by Gasteiger charge is -2.36.